The number of nitrogens with zero attached hydrogens (tertiary/aromatic N) is 3. The largest absolute Gasteiger partial charge is 0.476 e. The second kappa shape index (κ2) is 16.6. The first-order chi connectivity index (χ1) is 20.9. The molecule has 44 heavy (non-hydrogen) atoms. The fourth-order valence-corrected chi connectivity index (χ4v) is 5.30. The molecule has 0 aliphatic carbocycles. The van der Waals surface area contributed by atoms with E-state index < -0.39 is 24.4 Å². The number of benzene rings is 2. The summed E-state index contributed by atoms with van der Waals surface area (Å²) < 4.78 is 51.9. The zero-order valence-electron chi connectivity index (χ0n) is 26.5. The average molecular weight is 618 g/mol. The molecule has 1 unspecified atom stereocenters. The Morgan fingerprint density at radius 3 is 2.27 bits per heavy atom. The van der Waals surface area contributed by atoms with Crippen LogP contribution in [0.2, 0.25) is 0 Å². The van der Waals surface area contributed by atoms with Crippen LogP contribution in [0.1, 0.15) is 98.6 Å². The van der Waals surface area contributed by atoms with Gasteiger partial charge in [0.05, 0.1) is 0 Å². The number of ether oxygens (including phenoxy) is 1. The molecule has 10 heteroatoms. The van der Waals surface area contributed by atoms with Crippen LogP contribution in [0.5, 0.6) is 5.75 Å². The molecule has 0 saturated carbocycles. The van der Waals surface area contributed by atoms with Crippen molar-refractivity contribution >= 4 is 5.97 Å². The Balaban J connectivity index is 0.000000345. The number of hydrogen-bond acceptors (Lipinski definition) is 6. The monoisotopic (exact) mass is 617 g/mol. The lowest BCUT2D eigenvalue weighted by atomic mass is 9.98. The molecule has 2 heterocycles. The normalized spacial score (nSPS) is 15.5. The first kappa shape index (κ1) is 35.1. The van der Waals surface area contributed by atoms with Gasteiger partial charge in [0.2, 0.25) is 0 Å². The smallest absolute Gasteiger partial charge is 0.403 e. The molecule has 0 amide bonds. The Morgan fingerprint density at radius 1 is 1.07 bits per heavy atom. The molecule has 1 N–H and O–H groups in total. The number of carboxylic acids is 1. The topological polar surface area (TPSA) is 79.0 Å². The maximum absolute atomic E-state index is 13.6. The third-order valence-electron chi connectivity index (χ3n) is 7.81. The van der Waals surface area contributed by atoms with Crippen LogP contribution in [0, 0.1) is 6.92 Å². The zero-order valence-corrected chi connectivity index (χ0v) is 26.5. The van der Waals surface area contributed by atoms with Gasteiger partial charge in [-0.25, -0.2) is 9.69 Å². The SMILES string of the molecule is CCCCCCCCCCN(C)C.Cc1cc(-c2cc(C(=O)O)no2)cc2c1C(Oc1ccccc1)N([C@@H](C)C(F)(F)F)C2. The maximum Gasteiger partial charge on any atom is 0.403 e. The summed E-state index contributed by atoms with van der Waals surface area (Å²) in [5.74, 6) is -0.537. The summed E-state index contributed by atoms with van der Waals surface area (Å²) in [6, 6.07) is 11.7. The molecule has 2 aromatic carbocycles. The van der Waals surface area contributed by atoms with Gasteiger partial charge < -0.3 is 19.3 Å². The number of halogens is 3. The quantitative estimate of drug-likeness (QED) is 0.181. The molecule has 0 fully saturated rings. The number of fused-ring (bicyclic) bond motifs is 1. The molecular formula is C34H46F3N3O4. The summed E-state index contributed by atoms with van der Waals surface area (Å²) in [4.78, 5) is 14.6. The molecule has 2 atom stereocenters. The molecule has 3 aromatic rings. The minimum absolute atomic E-state index is 0.0160. The van der Waals surface area contributed by atoms with Crippen LogP contribution >= 0.6 is 0 Å². The van der Waals surface area contributed by atoms with Gasteiger partial charge in [-0.1, -0.05) is 75.2 Å². The number of alkyl halides is 3. The van der Waals surface area contributed by atoms with Crippen molar-refractivity contribution in [3.05, 3.63) is 70.9 Å². The van der Waals surface area contributed by atoms with Gasteiger partial charge in [0.25, 0.3) is 0 Å². The number of para-hydroxylation sites is 1. The van der Waals surface area contributed by atoms with E-state index in [1.165, 1.54) is 68.9 Å². The van der Waals surface area contributed by atoms with Crippen molar-refractivity contribution in [1.82, 2.24) is 15.0 Å². The number of carboxylic acid groups (broad SMARTS) is 1. The van der Waals surface area contributed by atoms with Gasteiger partial charge in [0.15, 0.2) is 17.7 Å². The van der Waals surface area contributed by atoms with Crippen LogP contribution in [0.15, 0.2) is 53.1 Å². The van der Waals surface area contributed by atoms with Crippen molar-refractivity contribution in [2.24, 2.45) is 0 Å². The average Bonchev–Trinajstić information content (AvgIpc) is 3.60. The van der Waals surface area contributed by atoms with Crippen molar-refractivity contribution in [2.75, 3.05) is 20.6 Å². The fourth-order valence-electron chi connectivity index (χ4n) is 5.30. The molecule has 1 aliphatic rings. The first-order valence-electron chi connectivity index (χ1n) is 15.4. The van der Waals surface area contributed by atoms with E-state index in [1.807, 2.05) is 0 Å². The number of aromatic nitrogens is 1. The van der Waals surface area contributed by atoms with Gasteiger partial charge >= 0.3 is 12.1 Å². The highest BCUT2D eigenvalue weighted by atomic mass is 19.4. The Bertz CT molecular complexity index is 1310. The van der Waals surface area contributed by atoms with Crippen molar-refractivity contribution in [1.29, 1.82) is 0 Å². The summed E-state index contributed by atoms with van der Waals surface area (Å²) in [7, 11) is 4.31. The molecule has 0 saturated heterocycles. The third kappa shape index (κ3) is 10.1. The van der Waals surface area contributed by atoms with Crippen molar-refractivity contribution in [3.63, 3.8) is 0 Å². The van der Waals surface area contributed by atoms with Gasteiger partial charge in [-0.3, -0.25) is 0 Å². The minimum atomic E-state index is -4.43. The Labute approximate surface area is 259 Å². The van der Waals surface area contributed by atoms with Gasteiger partial charge in [0, 0.05) is 23.7 Å². The summed E-state index contributed by atoms with van der Waals surface area (Å²) in [5, 5.41) is 12.6. The highest BCUT2D eigenvalue weighted by molar-refractivity contribution is 5.86. The predicted octanol–water partition coefficient (Wildman–Crippen LogP) is 8.88. The fraction of sp³-hybridized carbons (Fsp3) is 0.529. The number of aryl methyl sites for hydroxylation is 1. The van der Waals surface area contributed by atoms with Crippen LogP contribution in [-0.2, 0) is 6.54 Å². The lowest BCUT2D eigenvalue weighted by Crippen LogP contribution is -2.43. The van der Waals surface area contributed by atoms with Crippen LogP contribution in [0.25, 0.3) is 11.3 Å². The van der Waals surface area contributed by atoms with Crippen LogP contribution < -0.4 is 4.74 Å². The van der Waals surface area contributed by atoms with E-state index in [2.05, 4.69) is 31.1 Å². The number of aromatic carboxylic acids is 1. The number of carbonyl (C=O) groups is 1. The Kier molecular flexibility index (Phi) is 13.3. The van der Waals surface area contributed by atoms with E-state index in [9.17, 15) is 18.0 Å². The lowest BCUT2D eigenvalue weighted by molar-refractivity contribution is -0.197. The van der Waals surface area contributed by atoms with E-state index in [0.717, 1.165) is 6.92 Å². The van der Waals surface area contributed by atoms with Crippen LogP contribution in [-0.4, -0.2) is 58.9 Å². The molecule has 4 rings (SSSR count). The number of hydrogen-bond donors (Lipinski definition) is 1. The first-order valence-corrected chi connectivity index (χ1v) is 15.4. The molecule has 0 spiro atoms. The van der Waals surface area contributed by atoms with Crippen molar-refractivity contribution in [3.8, 4) is 17.1 Å². The van der Waals surface area contributed by atoms with E-state index in [0.29, 0.717) is 28.0 Å². The number of rotatable bonds is 14. The molecule has 7 nitrogen and oxygen atoms in total. The molecular weight excluding hydrogens is 571 g/mol. The summed E-state index contributed by atoms with van der Waals surface area (Å²) in [5.41, 5.74) is 2.31. The lowest BCUT2D eigenvalue weighted by Gasteiger charge is -2.32. The van der Waals surface area contributed by atoms with E-state index in [1.54, 1.807) is 49.4 Å². The van der Waals surface area contributed by atoms with E-state index >= 15 is 0 Å². The van der Waals surface area contributed by atoms with Gasteiger partial charge in [0.1, 0.15) is 11.8 Å². The van der Waals surface area contributed by atoms with Gasteiger partial charge in [-0.05, 0) is 76.3 Å². The predicted molar refractivity (Wildman–Crippen MR) is 166 cm³/mol. The number of unbranched alkanes of at least 4 members (excludes halogenated alkanes) is 7. The van der Waals surface area contributed by atoms with Gasteiger partial charge in [-0.15, -0.1) is 0 Å². The highest BCUT2D eigenvalue weighted by Gasteiger charge is 2.47. The summed E-state index contributed by atoms with van der Waals surface area (Å²) in [6.07, 6.45) is 6.03. The third-order valence-corrected chi connectivity index (χ3v) is 7.81. The molecule has 1 aliphatic heterocycles. The second-order valence-corrected chi connectivity index (χ2v) is 11.7. The van der Waals surface area contributed by atoms with Crippen LogP contribution in [0.4, 0.5) is 13.2 Å². The highest BCUT2D eigenvalue weighted by Crippen LogP contribution is 2.43. The van der Waals surface area contributed by atoms with Crippen LogP contribution in [0.3, 0.4) is 0 Å². The Morgan fingerprint density at radius 2 is 1.70 bits per heavy atom. The van der Waals surface area contributed by atoms with E-state index in [-0.39, 0.29) is 18.0 Å². The molecule has 0 bridgehead atoms. The van der Waals surface area contributed by atoms with Crippen molar-refractivity contribution in [2.45, 2.75) is 97.1 Å². The summed E-state index contributed by atoms with van der Waals surface area (Å²) >= 11 is 0. The molecule has 242 valence electrons. The minimum Gasteiger partial charge on any atom is -0.476 e. The zero-order chi connectivity index (χ0) is 32.3. The van der Waals surface area contributed by atoms with Gasteiger partial charge in [-0.2, -0.15) is 13.2 Å². The van der Waals surface area contributed by atoms with Crippen molar-refractivity contribution < 1.29 is 32.3 Å². The maximum atomic E-state index is 13.6. The second-order valence-electron chi connectivity index (χ2n) is 11.7. The van der Waals surface area contributed by atoms with E-state index in [4.69, 9.17) is 14.4 Å². The standard InChI is InChI=1S/C22H19F3N2O4.C12H27N/c1-12-8-14(18-10-17(21(28)29)26-31-18)9-15-11-27(13(2)22(23,24)25)20(19(12)15)30-16-6-4-3-5-7-16;1-4-5-6-7-8-9-10-11-12-13(2)3/h3-10,13,20H,11H2,1-2H3,(H,28,29);4-12H2,1-3H3/t13-,20?;/m0./s1. The molecule has 1 aromatic heterocycles. The molecule has 0 radical (unpaired) electrons. The summed E-state index contributed by atoms with van der Waals surface area (Å²) in [6.45, 7) is 6.44. The Hall–Kier alpha value is -3.37.